The van der Waals surface area contributed by atoms with E-state index in [2.05, 4.69) is 10.1 Å². The number of rotatable bonds is 6. The van der Waals surface area contributed by atoms with Crippen LogP contribution in [-0.2, 0) is 0 Å². The molecule has 0 amide bonds. The van der Waals surface area contributed by atoms with Gasteiger partial charge in [-0.15, -0.1) is 5.10 Å². The van der Waals surface area contributed by atoms with E-state index in [4.69, 9.17) is 14.3 Å². The maximum atomic E-state index is 14.8. The van der Waals surface area contributed by atoms with Crippen LogP contribution in [0.2, 0.25) is 0 Å². The van der Waals surface area contributed by atoms with Gasteiger partial charge >= 0.3 is 0 Å². The first-order chi connectivity index (χ1) is 20.0. The average Bonchev–Trinajstić information content (AvgIpc) is 3.74. The molecule has 7 aromatic rings. The average molecular weight is 564 g/mol. The predicted octanol–water partition coefficient (Wildman–Crippen LogP) is 5.81. The fourth-order valence-electron chi connectivity index (χ4n) is 4.81. The van der Waals surface area contributed by atoms with E-state index in [1.165, 1.54) is 21.9 Å². The molecular weight excluding hydrogens is 541 g/mol. The van der Waals surface area contributed by atoms with Crippen LogP contribution in [0.25, 0.3) is 50.5 Å². The first kappa shape index (κ1) is 24.9. The Bertz CT molecular complexity index is 2180. The predicted molar refractivity (Wildman–Crippen MR) is 156 cm³/mol. The van der Waals surface area contributed by atoms with Crippen LogP contribution in [0.15, 0.2) is 88.2 Å². The molecule has 0 N–H and O–H groups in total. The first-order valence-electron chi connectivity index (χ1n) is 13.0. The zero-order valence-corrected chi connectivity index (χ0v) is 22.9. The Morgan fingerprint density at radius 2 is 1.85 bits per heavy atom. The molecule has 3 aromatic carbocycles. The molecule has 10 heteroatoms. The molecule has 4 aromatic heterocycles. The molecule has 0 unspecified atom stereocenters. The fraction of sp³-hybridized carbons (Fsp3) is 0.0968. The van der Waals surface area contributed by atoms with E-state index in [0.29, 0.717) is 44.5 Å². The molecule has 0 fully saturated rings. The molecule has 0 radical (unpaired) electrons. The summed E-state index contributed by atoms with van der Waals surface area (Å²) in [6, 6.07) is 22.0. The van der Waals surface area contributed by atoms with Crippen LogP contribution in [0.3, 0.4) is 0 Å². The van der Waals surface area contributed by atoms with Crippen molar-refractivity contribution in [3.8, 4) is 34.3 Å². The molecule has 8 nitrogen and oxygen atoms in total. The van der Waals surface area contributed by atoms with Gasteiger partial charge in [-0.2, -0.15) is 14.6 Å². The molecule has 202 valence electrons. The Labute approximate surface area is 236 Å². The van der Waals surface area contributed by atoms with Crippen LogP contribution in [-0.4, -0.2) is 31.0 Å². The summed E-state index contributed by atoms with van der Waals surface area (Å²) in [5, 5.41) is 10.2. The number of para-hydroxylation sites is 2. The van der Waals surface area contributed by atoms with Crippen molar-refractivity contribution in [1.29, 1.82) is 0 Å². The number of nitrogens with zero attached hydrogens (tertiary/aromatic N) is 5. The molecule has 0 atom stereocenters. The number of hydrogen-bond acceptors (Lipinski definition) is 7. The van der Waals surface area contributed by atoms with Crippen molar-refractivity contribution in [3.63, 3.8) is 0 Å². The van der Waals surface area contributed by atoms with Crippen LogP contribution in [0.4, 0.5) is 4.39 Å². The van der Waals surface area contributed by atoms with Gasteiger partial charge in [0.1, 0.15) is 11.3 Å². The number of aryl methyl sites for hydroxylation is 1. The third-order valence-electron chi connectivity index (χ3n) is 6.78. The van der Waals surface area contributed by atoms with Gasteiger partial charge in [0.25, 0.3) is 5.56 Å². The standard InChI is InChI=1S/C31H22FN5O3S/c1-3-39-25-14-13-19(15-23(25)32)27-20(17-36(34-27)21-9-5-4-6-10-21)16-26-30(38)37-31(41-26)33-29(35-37)28-18(2)22-11-7-8-12-24(22)40-28/h4-17H,3H2,1-2H3. The third-order valence-corrected chi connectivity index (χ3v) is 7.74. The van der Waals surface area contributed by atoms with E-state index in [1.54, 1.807) is 29.8 Å². The number of hydrogen-bond donors (Lipinski definition) is 0. The normalized spacial score (nSPS) is 12.1. The molecule has 0 aliphatic carbocycles. The van der Waals surface area contributed by atoms with Crippen molar-refractivity contribution in [2.75, 3.05) is 6.61 Å². The molecule has 4 heterocycles. The van der Waals surface area contributed by atoms with Crippen molar-refractivity contribution in [3.05, 3.63) is 111 Å². The number of benzene rings is 3. The van der Waals surface area contributed by atoms with E-state index in [9.17, 15) is 9.18 Å². The Morgan fingerprint density at radius 3 is 2.61 bits per heavy atom. The minimum atomic E-state index is -0.485. The highest BCUT2D eigenvalue weighted by Gasteiger charge is 2.20. The topological polar surface area (TPSA) is 87.4 Å². The minimum absolute atomic E-state index is 0.173. The van der Waals surface area contributed by atoms with Crippen molar-refractivity contribution < 1.29 is 13.5 Å². The SMILES string of the molecule is CCOc1ccc(-c2nn(-c3ccccc3)cc2C=c2sc3nc(-c4oc5ccccc5c4C)nn3c2=O)cc1F. The zero-order chi connectivity index (χ0) is 28.1. The number of furan rings is 1. The van der Waals surface area contributed by atoms with Crippen LogP contribution in [0, 0.1) is 12.7 Å². The maximum absolute atomic E-state index is 14.8. The van der Waals surface area contributed by atoms with Crippen molar-refractivity contribution >= 4 is 33.3 Å². The molecular formula is C31H22FN5O3S. The second kappa shape index (κ2) is 9.83. The molecule has 41 heavy (non-hydrogen) atoms. The van der Waals surface area contributed by atoms with E-state index in [1.807, 2.05) is 67.7 Å². The van der Waals surface area contributed by atoms with Crippen molar-refractivity contribution in [2.24, 2.45) is 0 Å². The van der Waals surface area contributed by atoms with Crippen LogP contribution < -0.4 is 14.8 Å². The number of aromatic nitrogens is 5. The van der Waals surface area contributed by atoms with Gasteiger partial charge in [0.2, 0.25) is 10.8 Å². The highest BCUT2D eigenvalue weighted by atomic mass is 32.1. The van der Waals surface area contributed by atoms with Crippen LogP contribution in [0.1, 0.15) is 18.1 Å². The molecule has 7 rings (SSSR count). The highest BCUT2D eigenvalue weighted by Crippen LogP contribution is 2.32. The number of fused-ring (bicyclic) bond motifs is 2. The molecule has 0 saturated carbocycles. The first-order valence-corrected chi connectivity index (χ1v) is 13.8. The quantitative estimate of drug-likeness (QED) is 0.254. The summed E-state index contributed by atoms with van der Waals surface area (Å²) < 4.78 is 29.6. The summed E-state index contributed by atoms with van der Waals surface area (Å²) >= 11 is 1.22. The van der Waals surface area contributed by atoms with Gasteiger partial charge in [-0.3, -0.25) is 4.79 Å². The maximum Gasteiger partial charge on any atom is 0.291 e. The number of ether oxygens (including phenoxy) is 1. The van der Waals surface area contributed by atoms with E-state index in [-0.39, 0.29) is 11.3 Å². The molecule has 0 aliphatic rings. The summed E-state index contributed by atoms with van der Waals surface area (Å²) in [7, 11) is 0. The number of thiazole rings is 1. The van der Waals surface area contributed by atoms with Gasteiger partial charge in [0.05, 0.1) is 16.8 Å². The van der Waals surface area contributed by atoms with E-state index in [0.717, 1.165) is 22.2 Å². The van der Waals surface area contributed by atoms with Gasteiger partial charge in [-0.25, -0.2) is 9.07 Å². The molecule has 0 spiro atoms. The van der Waals surface area contributed by atoms with Crippen LogP contribution >= 0.6 is 11.3 Å². The molecule has 0 bridgehead atoms. The summed E-state index contributed by atoms with van der Waals surface area (Å²) in [6.07, 6.45) is 3.56. The van der Waals surface area contributed by atoms with E-state index >= 15 is 0 Å². The van der Waals surface area contributed by atoms with Gasteiger partial charge < -0.3 is 9.15 Å². The van der Waals surface area contributed by atoms with Crippen molar-refractivity contribution in [2.45, 2.75) is 13.8 Å². The zero-order valence-electron chi connectivity index (χ0n) is 22.0. The smallest absolute Gasteiger partial charge is 0.291 e. The molecule has 0 saturated heterocycles. The van der Waals surface area contributed by atoms with Crippen LogP contribution in [0.5, 0.6) is 5.75 Å². The lowest BCUT2D eigenvalue weighted by atomic mass is 10.1. The Hall–Kier alpha value is -5.09. The summed E-state index contributed by atoms with van der Waals surface area (Å²) in [6.45, 7) is 4.11. The number of halogens is 1. The second-order valence-corrected chi connectivity index (χ2v) is 10.4. The lowest BCUT2D eigenvalue weighted by molar-refractivity contribution is 0.321. The fourth-order valence-corrected chi connectivity index (χ4v) is 5.71. The minimum Gasteiger partial charge on any atom is -0.491 e. The second-order valence-electron chi connectivity index (χ2n) is 9.39. The van der Waals surface area contributed by atoms with Gasteiger partial charge in [-0.05, 0) is 56.3 Å². The van der Waals surface area contributed by atoms with Gasteiger partial charge in [-0.1, -0.05) is 47.7 Å². The summed E-state index contributed by atoms with van der Waals surface area (Å²) in [5.41, 5.74) is 3.90. The lowest BCUT2D eigenvalue weighted by Crippen LogP contribution is -2.23. The largest absolute Gasteiger partial charge is 0.491 e. The monoisotopic (exact) mass is 563 g/mol. The lowest BCUT2D eigenvalue weighted by Gasteiger charge is -2.06. The van der Waals surface area contributed by atoms with Crippen molar-refractivity contribution in [1.82, 2.24) is 24.4 Å². The van der Waals surface area contributed by atoms with E-state index < -0.39 is 5.82 Å². The third kappa shape index (κ3) is 4.29. The van der Waals surface area contributed by atoms with Gasteiger partial charge in [0.15, 0.2) is 17.3 Å². The summed E-state index contributed by atoms with van der Waals surface area (Å²) in [4.78, 5) is 18.5. The summed E-state index contributed by atoms with van der Waals surface area (Å²) in [5.74, 6) is 0.584. The Balaban J connectivity index is 1.35. The highest BCUT2D eigenvalue weighted by molar-refractivity contribution is 7.15. The van der Waals surface area contributed by atoms with Gasteiger partial charge in [0, 0.05) is 28.3 Å². The Morgan fingerprint density at radius 1 is 1.05 bits per heavy atom. The Kier molecular flexibility index (Phi) is 5.97. The molecule has 0 aliphatic heterocycles.